The summed E-state index contributed by atoms with van der Waals surface area (Å²) in [6, 6.07) is 16.4. The molecule has 3 rings (SSSR count). The molecule has 3 nitrogen and oxygen atoms in total. The molecule has 2 aromatic rings. The lowest BCUT2D eigenvalue weighted by Crippen LogP contribution is -2.35. The van der Waals surface area contributed by atoms with Crippen molar-refractivity contribution in [3.05, 3.63) is 71.0 Å². The van der Waals surface area contributed by atoms with E-state index in [1.807, 2.05) is 36.4 Å². The molecular formula is C20H21FN2O. The van der Waals surface area contributed by atoms with E-state index in [-0.39, 0.29) is 11.7 Å². The molecule has 24 heavy (non-hydrogen) atoms. The first kappa shape index (κ1) is 16.6. The van der Waals surface area contributed by atoms with E-state index in [1.54, 1.807) is 12.1 Å². The summed E-state index contributed by atoms with van der Waals surface area (Å²) in [5.74, 6) is -0.0741. The SMILES string of the molecule is N#Cc1ccc(CN2CCC([C@H](O)c3ccccc3)CC2)c(F)c1. The summed E-state index contributed by atoms with van der Waals surface area (Å²) < 4.78 is 14.0. The maximum atomic E-state index is 14.0. The summed E-state index contributed by atoms with van der Waals surface area (Å²) in [4.78, 5) is 2.21. The van der Waals surface area contributed by atoms with E-state index in [1.165, 1.54) is 6.07 Å². The molecule has 1 atom stereocenters. The molecular weight excluding hydrogens is 303 g/mol. The molecule has 0 unspecified atom stereocenters. The fourth-order valence-corrected chi connectivity index (χ4v) is 3.34. The van der Waals surface area contributed by atoms with Gasteiger partial charge in [-0.15, -0.1) is 0 Å². The van der Waals surface area contributed by atoms with Gasteiger partial charge >= 0.3 is 0 Å². The highest BCUT2D eigenvalue weighted by Crippen LogP contribution is 2.31. The zero-order chi connectivity index (χ0) is 16.9. The molecule has 0 saturated carbocycles. The number of rotatable bonds is 4. The van der Waals surface area contributed by atoms with Gasteiger partial charge in [0.2, 0.25) is 0 Å². The highest BCUT2D eigenvalue weighted by Gasteiger charge is 2.26. The van der Waals surface area contributed by atoms with Crippen LogP contribution in [0.2, 0.25) is 0 Å². The number of hydrogen-bond donors (Lipinski definition) is 1. The fraction of sp³-hybridized carbons (Fsp3) is 0.350. The van der Waals surface area contributed by atoms with Crippen LogP contribution in [0.25, 0.3) is 0 Å². The van der Waals surface area contributed by atoms with Gasteiger partial charge in [-0.25, -0.2) is 4.39 Å². The van der Waals surface area contributed by atoms with E-state index in [9.17, 15) is 9.50 Å². The lowest BCUT2D eigenvalue weighted by atomic mass is 9.87. The number of benzene rings is 2. The summed E-state index contributed by atoms with van der Waals surface area (Å²) in [5, 5.41) is 19.3. The first-order valence-corrected chi connectivity index (χ1v) is 8.31. The summed E-state index contributed by atoms with van der Waals surface area (Å²) in [6.07, 6.45) is 1.36. The number of halogens is 1. The lowest BCUT2D eigenvalue weighted by molar-refractivity contribution is 0.0565. The van der Waals surface area contributed by atoms with E-state index in [0.29, 0.717) is 17.7 Å². The van der Waals surface area contributed by atoms with Gasteiger partial charge in [0.1, 0.15) is 5.82 Å². The van der Waals surface area contributed by atoms with Crippen molar-refractivity contribution in [1.82, 2.24) is 4.90 Å². The Labute approximate surface area is 142 Å². The Hall–Kier alpha value is -2.22. The third-order valence-electron chi connectivity index (χ3n) is 4.80. The van der Waals surface area contributed by atoms with E-state index in [2.05, 4.69) is 4.90 Å². The van der Waals surface area contributed by atoms with Gasteiger partial charge in [-0.1, -0.05) is 36.4 Å². The van der Waals surface area contributed by atoms with Gasteiger partial charge in [-0.05, 0) is 49.5 Å². The average molecular weight is 324 g/mol. The standard InChI is InChI=1S/C20H21FN2O/c21-19-12-15(13-22)6-7-18(19)14-23-10-8-17(9-11-23)20(24)16-4-2-1-3-5-16/h1-7,12,17,20,24H,8-11,14H2/t20-/m1/s1. The Kier molecular flexibility index (Phi) is 5.24. The van der Waals surface area contributed by atoms with Crippen molar-refractivity contribution in [3.8, 4) is 6.07 Å². The van der Waals surface area contributed by atoms with Gasteiger partial charge < -0.3 is 5.11 Å². The number of nitriles is 1. The van der Waals surface area contributed by atoms with Gasteiger partial charge in [0.15, 0.2) is 0 Å². The van der Waals surface area contributed by atoms with Crippen molar-refractivity contribution >= 4 is 0 Å². The van der Waals surface area contributed by atoms with Crippen LogP contribution < -0.4 is 0 Å². The number of aliphatic hydroxyl groups is 1. The number of aliphatic hydroxyl groups excluding tert-OH is 1. The van der Waals surface area contributed by atoms with Crippen molar-refractivity contribution in [1.29, 1.82) is 5.26 Å². The Morgan fingerprint density at radius 3 is 2.50 bits per heavy atom. The van der Waals surface area contributed by atoms with Gasteiger partial charge in [-0.2, -0.15) is 5.26 Å². The summed E-state index contributed by atoms with van der Waals surface area (Å²) in [5.41, 5.74) is 1.94. The molecule has 4 heteroatoms. The van der Waals surface area contributed by atoms with Gasteiger partial charge in [0.05, 0.1) is 17.7 Å². The first-order valence-electron chi connectivity index (χ1n) is 8.31. The molecule has 0 radical (unpaired) electrons. The average Bonchev–Trinajstić information content (AvgIpc) is 2.64. The first-order chi connectivity index (χ1) is 11.7. The number of piperidine rings is 1. The van der Waals surface area contributed by atoms with Crippen LogP contribution in [0.3, 0.4) is 0 Å². The molecule has 1 fully saturated rings. The van der Waals surface area contributed by atoms with E-state index >= 15 is 0 Å². The minimum atomic E-state index is -0.431. The van der Waals surface area contributed by atoms with E-state index in [4.69, 9.17) is 5.26 Å². The van der Waals surface area contributed by atoms with Crippen LogP contribution in [0, 0.1) is 23.1 Å². The van der Waals surface area contributed by atoms with Crippen molar-refractivity contribution in [2.75, 3.05) is 13.1 Å². The maximum absolute atomic E-state index is 14.0. The van der Waals surface area contributed by atoms with Crippen LogP contribution in [0.5, 0.6) is 0 Å². The summed E-state index contributed by atoms with van der Waals surface area (Å²) >= 11 is 0. The molecule has 1 N–H and O–H groups in total. The highest BCUT2D eigenvalue weighted by atomic mass is 19.1. The molecule has 1 aliphatic rings. The monoisotopic (exact) mass is 324 g/mol. The third kappa shape index (κ3) is 3.81. The fourth-order valence-electron chi connectivity index (χ4n) is 3.34. The second-order valence-electron chi connectivity index (χ2n) is 6.39. The molecule has 2 aromatic carbocycles. The molecule has 1 aliphatic heterocycles. The van der Waals surface area contributed by atoms with E-state index < -0.39 is 6.10 Å². The van der Waals surface area contributed by atoms with Crippen LogP contribution in [-0.2, 0) is 6.54 Å². The van der Waals surface area contributed by atoms with Crippen LogP contribution in [-0.4, -0.2) is 23.1 Å². The molecule has 0 bridgehead atoms. The Balaban J connectivity index is 1.57. The molecule has 1 heterocycles. The topological polar surface area (TPSA) is 47.3 Å². The zero-order valence-electron chi connectivity index (χ0n) is 13.5. The summed E-state index contributed by atoms with van der Waals surface area (Å²) in [6.45, 7) is 2.23. The van der Waals surface area contributed by atoms with Gasteiger partial charge in [0, 0.05) is 12.1 Å². The maximum Gasteiger partial charge on any atom is 0.129 e. The van der Waals surface area contributed by atoms with Crippen molar-refractivity contribution in [2.24, 2.45) is 5.92 Å². The Bertz CT molecular complexity index is 718. The molecule has 124 valence electrons. The number of hydrogen-bond acceptors (Lipinski definition) is 3. The smallest absolute Gasteiger partial charge is 0.129 e. The van der Waals surface area contributed by atoms with Crippen LogP contribution in [0.4, 0.5) is 4.39 Å². The van der Waals surface area contributed by atoms with Crippen molar-refractivity contribution < 1.29 is 9.50 Å². The Morgan fingerprint density at radius 2 is 1.88 bits per heavy atom. The van der Waals surface area contributed by atoms with Crippen LogP contribution in [0.15, 0.2) is 48.5 Å². The summed E-state index contributed by atoms with van der Waals surface area (Å²) in [7, 11) is 0. The quantitative estimate of drug-likeness (QED) is 0.934. The van der Waals surface area contributed by atoms with Gasteiger partial charge in [0.25, 0.3) is 0 Å². The molecule has 1 saturated heterocycles. The predicted octanol–water partition coefficient (Wildman–Crippen LogP) is 3.64. The number of likely N-dealkylation sites (tertiary alicyclic amines) is 1. The highest BCUT2D eigenvalue weighted by molar-refractivity contribution is 5.32. The second kappa shape index (κ2) is 7.57. The third-order valence-corrected chi connectivity index (χ3v) is 4.80. The molecule has 0 aliphatic carbocycles. The van der Waals surface area contributed by atoms with E-state index in [0.717, 1.165) is 31.5 Å². The predicted molar refractivity (Wildman–Crippen MR) is 90.5 cm³/mol. The number of nitrogens with zero attached hydrogens (tertiary/aromatic N) is 2. The Morgan fingerprint density at radius 1 is 1.17 bits per heavy atom. The van der Waals surface area contributed by atoms with Crippen LogP contribution >= 0.6 is 0 Å². The van der Waals surface area contributed by atoms with Crippen molar-refractivity contribution in [3.63, 3.8) is 0 Å². The normalized spacial score (nSPS) is 17.4. The zero-order valence-corrected chi connectivity index (χ0v) is 13.5. The minimum Gasteiger partial charge on any atom is -0.388 e. The lowest BCUT2D eigenvalue weighted by Gasteiger charge is -2.34. The van der Waals surface area contributed by atoms with Crippen LogP contribution in [0.1, 0.15) is 35.6 Å². The molecule has 0 spiro atoms. The second-order valence-corrected chi connectivity index (χ2v) is 6.39. The van der Waals surface area contributed by atoms with Gasteiger partial charge in [-0.3, -0.25) is 4.90 Å². The molecule has 0 aromatic heterocycles. The van der Waals surface area contributed by atoms with Crippen molar-refractivity contribution in [2.45, 2.75) is 25.5 Å². The minimum absolute atomic E-state index is 0.245. The largest absolute Gasteiger partial charge is 0.388 e. The molecule has 0 amide bonds.